The van der Waals surface area contributed by atoms with Crippen LogP contribution in [0.15, 0.2) is 65.6 Å². The molecule has 160 valence electrons. The van der Waals surface area contributed by atoms with Gasteiger partial charge < -0.3 is 9.84 Å². The van der Waals surface area contributed by atoms with Crippen molar-refractivity contribution in [1.82, 2.24) is 0 Å². The van der Waals surface area contributed by atoms with Crippen molar-refractivity contribution >= 4 is 21.7 Å². The summed E-state index contributed by atoms with van der Waals surface area (Å²) in [6.45, 7) is 0.0189. The highest BCUT2D eigenvalue weighted by molar-refractivity contribution is 7.92. The number of ether oxygens (including phenoxy) is 1. The number of carboxylic acid groups (broad SMARTS) is 1. The highest BCUT2D eigenvalue weighted by Crippen LogP contribution is 2.38. The maximum Gasteiger partial charge on any atom is 0.303 e. The third-order valence-electron chi connectivity index (χ3n) is 5.05. The van der Waals surface area contributed by atoms with Crippen LogP contribution in [-0.4, -0.2) is 26.1 Å². The number of hydrogen-bond donors (Lipinski definition) is 2. The second kappa shape index (κ2) is 8.39. The average molecular weight is 441 g/mol. The number of sulfonamides is 1. The summed E-state index contributed by atoms with van der Waals surface area (Å²) in [4.78, 5) is 10.3. The third kappa shape index (κ3) is 4.54. The van der Waals surface area contributed by atoms with E-state index >= 15 is 0 Å². The van der Waals surface area contributed by atoms with Crippen LogP contribution in [0.4, 0.5) is 10.1 Å². The van der Waals surface area contributed by atoms with Gasteiger partial charge in [0, 0.05) is 12.1 Å². The van der Waals surface area contributed by atoms with Crippen molar-refractivity contribution in [3.05, 3.63) is 77.6 Å². The first-order valence-corrected chi connectivity index (χ1v) is 11.2. The molecule has 0 unspecified atom stereocenters. The van der Waals surface area contributed by atoms with E-state index in [9.17, 15) is 17.6 Å². The van der Waals surface area contributed by atoms with Gasteiger partial charge in [0.2, 0.25) is 0 Å². The summed E-state index contributed by atoms with van der Waals surface area (Å²) in [5, 5.41) is 8.61. The van der Waals surface area contributed by atoms with Crippen LogP contribution in [0.25, 0.3) is 11.1 Å². The van der Waals surface area contributed by atoms with Crippen LogP contribution in [0.1, 0.15) is 24.0 Å². The molecular weight excluding hydrogens is 421 g/mol. The van der Waals surface area contributed by atoms with Crippen molar-refractivity contribution in [2.24, 2.45) is 0 Å². The van der Waals surface area contributed by atoms with Gasteiger partial charge in [0.1, 0.15) is 0 Å². The molecule has 2 N–H and O–H groups in total. The van der Waals surface area contributed by atoms with Gasteiger partial charge in [-0.2, -0.15) is 0 Å². The first-order chi connectivity index (χ1) is 14.8. The van der Waals surface area contributed by atoms with Crippen LogP contribution in [0.2, 0.25) is 0 Å². The fourth-order valence-corrected chi connectivity index (χ4v) is 4.65. The smallest absolute Gasteiger partial charge is 0.303 e. The molecule has 0 aliphatic heterocycles. The number of rotatable bonds is 8. The monoisotopic (exact) mass is 441 g/mol. The van der Waals surface area contributed by atoms with E-state index in [0.29, 0.717) is 5.69 Å². The minimum Gasteiger partial charge on any atom is -0.491 e. The zero-order chi connectivity index (χ0) is 22.0. The molecule has 0 saturated carbocycles. The van der Waals surface area contributed by atoms with E-state index in [-0.39, 0.29) is 30.1 Å². The largest absolute Gasteiger partial charge is 0.491 e. The second-order valence-corrected chi connectivity index (χ2v) is 8.93. The maximum atomic E-state index is 14.3. The van der Waals surface area contributed by atoms with Gasteiger partial charge in [-0.25, -0.2) is 12.8 Å². The molecule has 0 radical (unpaired) electrons. The van der Waals surface area contributed by atoms with E-state index in [1.54, 1.807) is 12.1 Å². The van der Waals surface area contributed by atoms with Gasteiger partial charge in [-0.15, -0.1) is 0 Å². The van der Waals surface area contributed by atoms with Crippen molar-refractivity contribution in [2.45, 2.75) is 24.2 Å². The molecule has 0 spiro atoms. The Morgan fingerprint density at radius 2 is 1.81 bits per heavy atom. The van der Waals surface area contributed by atoms with E-state index in [0.717, 1.165) is 29.2 Å². The summed E-state index contributed by atoms with van der Waals surface area (Å²) < 4.78 is 47.5. The molecule has 0 heterocycles. The fourth-order valence-electron chi connectivity index (χ4n) is 3.59. The lowest BCUT2D eigenvalue weighted by Gasteiger charge is -2.11. The van der Waals surface area contributed by atoms with Gasteiger partial charge in [-0.05, 0) is 65.4 Å². The van der Waals surface area contributed by atoms with E-state index in [1.807, 2.05) is 30.3 Å². The first kappa shape index (κ1) is 20.9. The van der Waals surface area contributed by atoms with Crippen LogP contribution in [0.3, 0.4) is 0 Å². The number of aliphatic carboxylic acids is 1. The molecule has 3 aromatic rings. The van der Waals surface area contributed by atoms with Gasteiger partial charge in [-0.3, -0.25) is 9.52 Å². The van der Waals surface area contributed by atoms with Crippen molar-refractivity contribution in [2.75, 3.05) is 11.3 Å². The zero-order valence-corrected chi connectivity index (χ0v) is 17.3. The van der Waals surface area contributed by atoms with E-state index < -0.39 is 21.8 Å². The SMILES string of the molecule is O=C(O)CCCOc1ccc(S(=O)(=O)Nc2ccc3c(c2)Cc2ccccc2-3)cc1F. The Morgan fingerprint density at radius 1 is 1.03 bits per heavy atom. The minimum absolute atomic E-state index is 0.0189. The summed E-state index contributed by atoms with van der Waals surface area (Å²) >= 11 is 0. The summed E-state index contributed by atoms with van der Waals surface area (Å²) in [7, 11) is -4.00. The Labute approximate surface area is 179 Å². The lowest BCUT2D eigenvalue weighted by Crippen LogP contribution is -2.13. The number of anilines is 1. The Morgan fingerprint density at radius 3 is 2.58 bits per heavy atom. The Balaban J connectivity index is 1.47. The maximum absolute atomic E-state index is 14.3. The molecular formula is C23H20FNO5S. The topological polar surface area (TPSA) is 92.7 Å². The molecule has 0 fully saturated rings. The number of fused-ring (bicyclic) bond motifs is 3. The first-order valence-electron chi connectivity index (χ1n) is 9.72. The van der Waals surface area contributed by atoms with E-state index in [4.69, 9.17) is 9.84 Å². The van der Waals surface area contributed by atoms with Crippen molar-refractivity contribution < 1.29 is 27.4 Å². The predicted molar refractivity (Wildman–Crippen MR) is 114 cm³/mol. The van der Waals surface area contributed by atoms with E-state index in [2.05, 4.69) is 4.72 Å². The zero-order valence-electron chi connectivity index (χ0n) is 16.5. The normalized spacial score (nSPS) is 12.2. The number of nitrogens with one attached hydrogen (secondary N) is 1. The summed E-state index contributed by atoms with van der Waals surface area (Å²) in [6, 6.07) is 16.8. The number of carbonyl (C=O) groups is 1. The molecule has 1 aliphatic rings. The number of benzene rings is 3. The summed E-state index contributed by atoms with van der Waals surface area (Å²) in [6.07, 6.45) is 0.853. The standard InChI is InChI=1S/C23H20FNO5S/c24-21-14-18(8-10-22(21)30-11-3-6-23(26)27)31(28,29)25-17-7-9-20-16(13-17)12-15-4-1-2-5-19(15)20/h1-2,4-5,7-10,13-14,25H,3,6,11-12H2,(H,26,27). The summed E-state index contributed by atoms with van der Waals surface area (Å²) in [5.74, 6) is -1.92. The highest BCUT2D eigenvalue weighted by atomic mass is 32.2. The molecule has 8 heteroatoms. The predicted octanol–water partition coefficient (Wildman–Crippen LogP) is 4.44. The second-order valence-electron chi connectivity index (χ2n) is 7.25. The van der Waals surface area contributed by atoms with Crippen LogP contribution >= 0.6 is 0 Å². The molecule has 0 aromatic heterocycles. The third-order valence-corrected chi connectivity index (χ3v) is 6.43. The average Bonchev–Trinajstić information content (AvgIpc) is 3.09. The van der Waals surface area contributed by atoms with Crippen LogP contribution < -0.4 is 9.46 Å². The van der Waals surface area contributed by atoms with Gasteiger partial charge in [0.05, 0.1) is 11.5 Å². The Hall–Kier alpha value is -3.39. The fraction of sp³-hybridized carbons (Fsp3) is 0.174. The molecule has 0 saturated heterocycles. The molecule has 4 rings (SSSR count). The van der Waals surface area contributed by atoms with Crippen molar-refractivity contribution in [3.63, 3.8) is 0 Å². The highest BCUT2D eigenvalue weighted by Gasteiger charge is 2.21. The van der Waals surface area contributed by atoms with Gasteiger partial charge >= 0.3 is 5.97 Å². The van der Waals surface area contributed by atoms with Crippen LogP contribution in [-0.2, 0) is 21.2 Å². The van der Waals surface area contributed by atoms with Crippen LogP contribution in [0, 0.1) is 5.82 Å². The molecule has 31 heavy (non-hydrogen) atoms. The molecule has 0 bridgehead atoms. The Kier molecular flexibility index (Phi) is 5.65. The lowest BCUT2D eigenvalue weighted by molar-refractivity contribution is -0.137. The Bertz CT molecular complexity index is 1260. The molecule has 0 atom stereocenters. The molecule has 0 amide bonds. The molecule has 1 aliphatic carbocycles. The van der Waals surface area contributed by atoms with Gasteiger partial charge in [0.15, 0.2) is 11.6 Å². The molecule has 3 aromatic carbocycles. The number of halogens is 1. The lowest BCUT2D eigenvalue weighted by atomic mass is 10.1. The quantitative estimate of drug-likeness (QED) is 0.394. The minimum atomic E-state index is -4.00. The number of hydrogen-bond acceptors (Lipinski definition) is 4. The van der Waals surface area contributed by atoms with Crippen LogP contribution in [0.5, 0.6) is 5.75 Å². The van der Waals surface area contributed by atoms with Crippen molar-refractivity contribution in [1.29, 1.82) is 0 Å². The van der Waals surface area contributed by atoms with Gasteiger partial charge in [-0.1, -0.05) is 30.3 Å². The van der Waals surface area contributed by atoms with E-state index in [1.165, 1.54) is 17.7 Å². The summed E-state index contributed by atoms with van der Waals surface area (Å²) in [5.41, 5.74) is 4.85. The molecule has 6 nitrogen and oxygen atoms in total. The van der Waals surface area contributed by atoms with Crippen molar-refractivity contribution in [3.8, 4) is 16.9 Å². The van der Waals surface area contributed by atoms with Gasteiger partial charge in [0.25, 0.3) is 10.0 Å². The number of carboxylic acids is 1.